The van der Waals surface area contributed by atoms with Crippen LogP contribution in [0.5, 0.6) is 0 Å². The Labute approximate surface area is 158 Å². The second kappa shape index (κ2) is 20.7. The van der Waals surface area contributed by atoms with Gasteiger partial charge in [0.05, 0.1) is 0 Å². The van der Waals surface area contributed by atoms with E-state index in [1.165, 1.54) is 35.1 Å². The summed E-state index contributed by atoms with van der Waals surface area (Å²) >= 11 is 4.24. The highest BCUT2D eigenvalue weighted by Gasteiger charge is 2.21. The maximum Gasteiger partial charge on any atom is 0.343 e. The third-order valence-corrected chi connectivity index (χ3v) is 5.03. The standard InChI is InChI=1S/C5H14NO3P.C3H9O3P.C2H7N.I2/c1-6(2)5-10(7,8-3)9-4;1-5-7(3,4)6-2;1-3-2;1-2/h5H2,1-4H3;1-3H3;3H,1-2H3;. The minimum atomic E-state index is -2.81. The van der Waals surface area contributed by atoms with Gasteiger partial charge in [0.1, 0.15) is 6.29 Å². The van der Waals surface area contributed by atoms with E-state index in [0.29, 0.717) is 6.29 Å². The van der Waals surface area contributed by atoms with E-state index in [1.807, 2.05) is 28.2 Å². The zero-order valence-corrected chi connectivity index (χ0v) is 20.9. The molecule has 0 amide bonds. The molecule has 0 heterocycles. The maximum atomic E-state index is 11.3. The van der Waals surface area contributed by atoms with E-state index in [4.69, 9.17) is 0 Å². The summed E-state index contributed by atoms with van der Waals surface area (Å²) in [5, 5.41) is 2.75. The molecule has 0 saturated heterocycles. The molecule has 0 spiro atoms. The van der Waals surface area contributed by atoms with Crippen molar-refractivity contribution in [3.63, 3.8) is 0 Å². The Hall–Kier alpha value is 1.68. The fraction of sp³-hybridized carbons (Fsp3) is 1.00. The minimum Gasteiger partial charge on any atom is -0.323 e. The first-order valence-corrected chi connectivity index (χ1v) is 15.8. The SMILES string of the molecule is CNC.COP(=O)(CN(C)C)OC.COP(C)(=O)OC.II. The van der Waals surface area contributed by atoms with Crippen LogP contribution in [-0.2, 0) is 27.2 Å². The molecule has 0 bridgehead atoms. The van der Waals surface area contributed by atoms with E-state index < -0.39 is 15.2 Å². The molecule has 0 aliphatic rings. The van der Waals surface area contributed by atoms with Crippen molar-refractivity contribution in [3.8, 4) is 0 Å². The van der Waals surface area contributed by atoms with E-state index in [2.05, 4.69) is 60.6 Å². The zero-order chi connectivity index (χ0) is 18.8. The van der Waals surface area contributed by atoms with Crippen LogP contribution in [0.15, 0.2) is 0 Å². The van der Waals surface area contributed by atoms with Crippen molar-refractivity contribution in [2.24, 2.45) is 0 Å². The van der Waals surface area contributed by atoms with E-state index in [1.54, 1.807) is 4.90 Å². The first-order chi connectivity index (χ1) is 10.1. The van der Waals surface area contributed by atoms with Crippen molar-refractivity contribution >= 4 is 52.4 Å². The van der Waals surface area contributed by atoms with E-state index in [-0.39, 0.29) is 0 Å². The predicted octanol–water partition coefficient (Wildman–Crippen LogP) is 3.70. The van der Waals surface area contributed by atoms with Crippen LogP contribution >= 0.6 is 52.4 Å². The van der Waals surface area contributed by atoms with Gasteiger partial charge in [0, 0.05) is 72.3 Å². The Morgan fingerprint density at radius 1 is 0.909 bits per heavy atom. The molecular formula is C10H30I2N2O6P2. The monoisotopic (exact) mass is 590 g/mol. The van der Waals surface area contributed by atoms with Crippen LogP contribution in [0.2, 0.25) is 0 Å². The summed E-state index contributed by atoms with van der Waals surface area (Å²) in [4.78, 5) is 1.76. The Morgan fingerprint density at radius 3 is 1.23 bits per heavy atom. The highest BCUT2D eigenvalue weighted by Crippen LogP contribution is 2.46. The lowest BCUT2D eigenvalue weighted by Crippen LogP contribution is -2.14. The topological polar surface area (TPSA) is 86.3 Å². The van der Waals surface area contributed by atoms with E-state index >= 15 is 0 Å². The summed E-state index contributed by atoms with van der Waals surface area (Å²) < 4.78 is 40.0. The summed E-state index contributed by atoms with van der Waals surface area (Å²) in [6, 6.07) is 0. The summed E-state index contributed by atoms with van der Waals surface area (Å²) in [5.74, 6) is 0. The van der Waals surface area contributed by atoms with Gasteiger partial charge >= 0.3 is 15.2 Å². The molecule has 0 unspecified atom stereocenters. The van der Waals surface area contributed by atoms with Crippen LogP contribution in [-0.4, -0.2) is 74.5 Å². The fourth-order valence-corrected chi connectivity index (χ4v) is 1.83. The molecule has 0 aliphatic carbocycles. The Kier molecular flexibility index (Phi) is 29.6. The van der Waals surface area contributed by atoms with Crippen molar-refractivity contribution in [1.29, 1.82) is 0 Å². The second-order valence-corrected chi connectivity index (χ2v) is 8.34. The lowest BCUT2D eigenvalue weighted by Gasteiger charge is -2.17. The molecular weight excluding hydrogens is 560 g/mol. The molecule has 0 fully saturated rings. The average molecular weight is 590 g/mol. The molecule has 1 N–H and O–H groups in total. The minimum absolute atomic E-state index is 0.319. The highest BCUT2D eigenvalue weighted by atomic mass is 128. The zero-order valence-electron chi connectivity index (χ0n) is 14.8. The summed E-state index contributed by atoms with van der Waals surface area (Å²) in [6.45, 7) is 1.41. The Morgan fingerprint density at radius 2 is 1.18 bits per heavy atom. The van der Waals surface area contributed by atoms with E-state index in [0.717, 1.165) is 0 Å². The summed E-state index contributed by atoms with van der Waals surface area (Å²) in [6.07, 6.45) is 0.319. The van der Waals surface area contributed by atoms with Crippen molar-refractivity contribution in [2.75, 3.05) is 69.6 Å². The highest BCUT2D eigenvalue weighted by molar-refractivity contribution is 15.0. The Balaban J connectivity index is -0.000000117. The van der Waals surface area contributed by atoms with Crippen molar-refractivity contribution in [2.45, 2.75) is 0 Å². The van der Waals surface area contributed by atoms with Crippen LogP contribution in [0.25, 0.3) is 0 Å². The molecule has 0 atom stereocenters. The normalized spacial score (nSPS) is 10.5. The van der Waals surface area contributed by atoms with Gasteiger partial charge in [-0.25, -0.2) is 0 Å². The van der Waals surface area contributed by atoms with Gasteiger partial charge in [0.2, 0.25) is 0 Å². The van der Waals surface area contributed by atoms with Crippen molar-refractivity contribution in [1.82, 2.24) is 10.2 Å². The van der Waals surface area contributed by atoms with Crippen LogP contribution in [0, 0.1) is 0 Å². The number of nitrogens with zero attached hydrogens (tertiary/aromatic N) is 1. The molecule has 0 aromatic rings. The first kappa shape index (κ1) is 31.4. The van der Waals surface area contributed by atoms with Gasteiger partial charge in [-0.05, 0) is 28.2 Å². The number of hydrogen-bond acceptors (Lipinski definition) is 8. The van der Waals surface area contributed by atoms with Gasteiger partial charge in [-0.1, -0.05) is 0 Å². The summed E-state index contributed by atoms with van der Waals surface area (Å²) in [5.41, 5.74) is 0. The van der Waals surface area contributed by atoms with Gasteiger partial charge in [0.25, 0.3) is 0 Å². The van der Waals surface area contributed by atoms with Crippen molar-refractivity contribution < 1.29 is 27.2 Å². The fourth-order valence-electron chi connectivity index (χ4n) is 0.611. The van der Waals surface area contributed by atoms with Gasteiger partial charge in [-0.15, -0.1) is 0 Å². The molecule has 12 heteroatoms. The molecule has 140 valence electrons. The third kappa shape index (κ3) is 26.6. The second-order valence-electron chi connectivity index (χ2n) is 3.83. The molecule has 0 saturated carbocycles. The van der Waals surface area contributed by atoms with E-state index in [9.17, 15) is 9.13 Å². The lowest BCUT2D eigenvalue weighted by atomic mass is 11.0. The average Bonchev–Trinajstić information content (AvgIpc) is 2.50. The molecule has 0 aromatic carbocycles. The largest absolute Gasteiger partial charge is 0.343 e. The number of rotatable bonds is 6. The van der Waals surface area contributed by atoms with Gasteiger partial charge in [-0.2, -0.15) is 0 Å². The Bertz CT molecular complexity index is 295. The summed E-state index contributed by atoms with van der Waals surface area (Å²) in [7, 11) is 7.37. The van der Waals surface area contributed by atoms with Gasteiger partial charge in [0.15, 0.2) is 0 Å². The number of hydrogen-bond donors (Lipinski definition) is 1. The molecule has 0 radical (unpaired) electrons. The number of nitrogens with one attached hydrogen (secondary N) is 1. The lowest BCUT2D eigenvalue weighted by molar-refractivity contribution is 0.258. The smallest absolute Gasteiger partial charge is 0.323 e. The van der Waals surface area contributed by atoms with Gasteiger partial charge < -0.3 is 23.4 Å². The van der Waals surface area contributed by atoms with Crippen LogP contribution in [0.4, 0.5) is 0 Å². The molecule has 22 heavy (non-hydrogen) atoms. The third-order valence-electron chi connectivity index (χ3n) is 1.68. The molecule has 0 aliphatic heterocycles. The van der Waals surface area contributed by atoms with Crippen LogP contribution < -0.4 is 5.32 Å². The molecule has 0 aromatic heterocycles. The van der Waals surface area contributed by atoms with Gasteiger partial charge in [-0.3, -0.25) is 14.0 Å². The quantitative estimate of drug-likeness (QED) is 0.371. The van der Waals surface area contributed by atoms with Crippen LogP contribution in [0.1, 0.15) is 0 Å². The number of halogens is 2. The first-order valence-electron chi connectivity index (χ1n) is 5.85. The van der Waals surface area contributed by atoms with Crippen LogP contribution in [0.3, 0.4) is 0 Å². The maximum absolute atomic E-state index is 11.3. The van der Waals surface area contributed by atoms with Crippen molar-refractivity contribution in [3.05, 3.63) is 0 Å². The molecule has 8 nitrogen and oxygen atoms in total. The predicted molar refractivity (Wildman–Crippen MR) is 111 cm³/mol. The molecule has 0 rings (SSSR count).